The van der Waals surface area contributed by atoms with Crippen molar-refractivity contribution in [2.45, 2.75) is 25.9 Å². The molecule has 0 saturated heterocycles. The number of fused-ring (bicyclic) bond motifs is 1. The number of hydrogen-bond acceptors (Lipinski definition) is 3. The van der Waals surface area contributed by atoms with Crippen molar-refractivity contribution in [3.05, 3.63) is 71.4 Å². The third kappa shape index (κ3) is 3.88. The SMILES string of the molecule is CC(=O)N1C=Cc2ccccc2[C@H]1CC(=O)NCc1cccc(O)c1. The molecule has 0 saturated carbocycles. The van der Waals surface area contributed by atoms with E-state index in [9.17, 15) is 14.7 Å². The van der Waals surface area contributed by atoms with Crippen molar-refractivity contribution in [3.63, 3.8) is 0 Å². The minimum atomic E-state index is -0.317. The smallest absolute Gasteiger partial charge is 0.223 e. The summed E-state index contributed by atoms with van der Waals surface area (Å²) in [5.41, 5.74) is 2.80. The molecule has 5 heteroatoms. The van der Waals surface area contributed by atoms with E-state index in [2.05, 4.69) is 5.32 Å². The summed E-state index contributed by atoms with van der Waals surface area (Å²) < 4.78 is 0. The molecule has 5 nitrogen and oxygen atoms in total. The van der Waals surface area contributed by atoms with Crippen molar-refractivity contribution in [2.24, 2.45) is 0 Å². The molecule has 3 rings (SSSR count). The van der Waals surface area contributed by atoms with E-state index in [1.165, 1.54) is 6.92 Å². The molecule has 0 bridgehead atoms. The van der Waals surface area contributed by atoms with Gasteiger partial charge >= 0.3 is 0 Å². The van der Waals surface area contributed by atoms with Gasteiger partial charge in [-0.2, -0.15) is 0 Å². The van der Waals surface area contributed by atoms with Crippen LogP contribution in [0, 0.1) is 0 Å². The molecule has 2 aromatic rings. The highest BCUT2D eigenvalue weighted by Crippen LogP contribution is 2.32. The summed E-state index contributed by atoms with van der Waals surface area (Å²) >= 11 is 0. The van der Waals surface area contributed by atoms with Crippen LogP contribution in [0.4, 0.5) is 0 Å². The molecule has 2 N–H and O–H groups in total. The van der Waals surface area contributed by atoms with Gasteiger partial charge in [0.25, 0.3) is 0 Å². The Morgan fingerprint density at radius 2 is 1.96 bits per heavy atom. The van der Waals surface area contributed by atoms with Crippen LogP contribution in [0.25, 0.3) is 6.08 Å². The predicted octanol–water partition coefficient (Wildman–Crippen LogP) is 2.97. The Balaban J connectivity index is 1.72. The van der Waals surface area contributed by atoms with E-state index in [1.54, 1.807) is 29.3 Å². The number of hydrogen-bond donors (Lipinski definition) is 2. The summed E-state index contributed by atoms with van der Waals surface area (Å²) in [7, 11) is 0. The van der Waals surface area contributed by atoms with Crippen LogP contribution < -0.4 is 5.32 Å². The summed E-state index contributed by atoms with van der Waals surface area (Å²) in [5, 5.41) is 12.3. The van der Waals surface area contributed by atoms with Gasteiger partial charge < -0.3 is 15.3 Å². The van der Waals surface area contributed by atoms with Crippen LogP contribution in [-0.4, -0.2) is 21.8 Å². The number of benzene rings is 2. The van der Waals surface area contributed by atoms with Crippen LogP contribution in [0.5, 0.6) is 5.75 Å². The minimum Gasteiger partial charge on any atom is -0.508 e. The van der Waals surface area contributed by atoms with Crippen LogP contribution >= 0.6 is 0 Å². The Morgan fingerprint density at radius 1 is 1.16 bits per heavy atom. The lowest BCUT2D eigenvalue weighted by molar-refractivity contribution is -0.130. The van der Waals surface area contributed by atoms with Gasteiger partial charge in [0.2, 0.25) is 11.8 Å². The fraction of sp³-hybridized carbons (Fsp3) is 0.200. The Kier molecular flexibility index (Phi) is 4.84. The van der Waals surface area contributed by atoms with Crippen molar-refractivity contribution in [1.82, 2.24) is 10.2 Å². The van der Waals surface area contributed by atoms with Gasteiger partial charge in [0.15, 0.2) is 0 Å². The number of carbonyl (C=O) groups excluding carboxylic acids is 2. The zero-order chi connectivity index (χ0) is 17.8. The van der Waals surface area contributed by atoms with Gasteiger partial charge in [-0.15, -0.1) is 0 Å². The van der Waals surface area contributed by atoms with Crippen LogP contribution in [0.2, 0.25) is 0 Å². The fourth-order valence-corrected chi connectivity index (χ4v) is 3.03. The molecule has 0 fully saturated rings. The molecule has 1 heterocycles. The van der Waals surface area contributed by atoms with Crippen molar-refractivity contribution < 1.29 is 14.7 Å². The summed E-state index contributed by atoms with van der Waals surface area (Å²) in [6, 6.07) is 14.2. The Bertz CT molecular complexity index is 829. The van der Waals surface area contributed by atoms with Crippen molar-refractivity contribution in [2.75, 3.05) is 0 Å². The third-order valence-corrected chi connectivity index (χ3v) is 4.25. The Labute approximate surface area is 146 Å². The van der Waals surface area contributed by atoms with E-state index in [4.69, 9.17) is 0 Å². The van der Waals surface area contributed by atoms with Crippen LogP contribution in [0.15, 0.2) is 54.7 Å². The average Bonchev–Trinajstić information content (AvgIpc) is 2.60. The molecule has 2 amide bonds. The van der Waals surface area contributed by atoms with E-state index >= 15 is 0 Å². The normalized spacial score (nSPS) is 15.6. The number of nitrogens with zero attached hydrogens (tertiary/aromatic N) is 1. The van der Waals surface area contributed by atoms with E-state index in [0.717, 1.165) is 16.7 Å². The molecule has 0 aromatic heterocycles. The quantitative estimate of drug-likeness (QED) is 0.902. The molecule has 128 valence electrons. The third-order valence-electron chi connectivity index (χ3n) is 4.25. The molecule has 2 aromatic carbocycles. The maximum absolute atomic E-state index is 12.4. The molecule has 1 atom stereocenters. The van der Waals surface area contributed by atoms with Gasteiger partial charge in [-0.05, 0) is 34.9 Å². The average molecular weight is 336 g/mol. The first kappa shape index (κ1) is 16.8. The number of aromatic hydroxyl groups is 1. The van der Waals surface area contributed by atoms with E-state index < -0.39 is 0 Å². The molecular weight excluding hydrogens is 316 g/mol. The number of phenolic OH excluding ortho intramolecular Hbond substituents is 1. The van der Waals surface area contributed by atoms with E-state index in [-0.39, 0.29) is 30.0 Å². The van der Waals surface area contributed by atoms with Crippen LogP contribution in [0.1, 0.15) is 36.1 Å². The molecular formula is C20H20N2O3. The first-order chi connectivity index (χ1) is 12.0. The molecule has 0 unspecified atom stereocenters. The first-order valence-electron chi connectivity index (χ1n) is 8.15. The summed E-state index contributed by atoms with van der Waals surface area (Å²) in [4.78, 5) is 25.9. The highest BCUT2D eigenvalue weighted by molar-refractivity contribution is 5.81. The van der Waals surface area contributed by atoms with E-state index in [0.29, 0.717) is 6.54 Å². The van der Waals surface area contributed by atoms with Crippen molar-refractivity contribution >= 4 is 17.9 Å². The van der Waals surface area contributed by atoms with Gasteiger partial charge in [0.1, 0.15) is 5.75 Å². The van der Waals surface area contributed by atoms with Gasteiger partial charge in [0.05, 0.1) is 12.5 Å². The second-order valence-electron chi connectivity index (χ2n) is 6.04. The maximum atomic E-state index is 12.4. The lowest BCUT2D eigenvalue weighted by Crippen LogP contribution is -2.35. The number of amides is 2. The van der Waals surface area contributed by atoms with Crippen molar-refractivity contribution in [3.8, 4) is 5.75 Å². The largest absolute Gasteiger partial charge is 0.508 e. The van der Waals surface area contributed by atoms with Gasteiger partial charge in [-0.3, -0.25) is 9.59 Å². The van der Waals surface area contributed by atoms with Crippen molar-refractivity contribution in [1.29, 1.82) is 0 Å². The fourth-order valence-electron chi connectivity index (χ4n) is 3.03. The summed E-state index contributed by atoms with van der Waals surface area (Å²) in [6.07, 6.45) is 3.80. The lowest BCUT2D eigenvalue weighted by Gasteiger charge is -2.32. The molecule has 1 aliphatic rings. The number of carbonyl (C=O) groups is 2. The number of nitrogens with one attached hydrogen (secondary N) is 1. The number of phenols is 1. The lowest BCUT2D eigenvalue weighted by atomic mass is 9.93. The second-order valence-corrected chi connectivity index (χ2v) is 6.04. The van der Waals surface area contributed by atoms with Crippen LogP contribution in [0.3, 0.4) is 0 Å². The zero-order valence-electron chi connectivity index (χ0n) is 14.0. The second kappa shape index (κ2) is 7.21. The molecule has 0 spiro atoms. The van der Waals surface area contributed by atoms with Gasteiger partial charge in [0, 0.05) is 19.7 Å². The summed E-state index contributed by atoms with van der Waals surface area (Å²) in [6.45, 7) is 1.83. The Morgan fingerprint density at radius 3 is 2.72 bits per heavy atom. The maximum Gasteiger partial charge on any atom is 0.223 e. The minimum absolute atomic E-state index is 0.100. The Hall–Kier alpha value is -3.08. The molecule has 1 aliphatic heterocycles. The van der Waals surface area contributed by atoms with Gasteiger partial charge in [-0.25, -0.2) is 0 Å². The highest BCUT2D eigenvalue weighted by Gasteiger charge is 2.27. The number of rotatable bonds is 4. The highest BCUT2D eigenvalue weighted by atomic mass is 16.3. The predicted molar refractivity (Wildman–Crippen MR) is 95.3 cm³/mol. The summed E-state index contributed by atoms with van der Waals surface area (Å²) in [5.74, 6) is -0.0814. The van der Waals surface area contributed by atoms with Crippen LogP contribution in [-0.2, 0) is 16.1 Å². The zero-order valence-corrected chi connectivity index (χ0v) is 14.0. The molecule has 0 radical (unpaired) electrons. The van der Waals surface area contributed by atoms with E-state index in [1.807, 2.05) is 36.4 Å². The first-order valence-corrected chi connectivity index (χ1v) is 8.15. The van der Waals surface area contributed by atoms with Gasteiger partial charge in [-0.1, -0.05) is 36.4 Å². The molecule has 25 heavy (non-hydrogen) atoms. The molecule has 0 aliphatic carbocycles. The standard InChI is InChI=1S/C20H20N2O3/c1-14(23)22-10-9-16-6-2-3-8-18(16)19(22)12-20(25)21-13-15-5-4-7-17(24)11-15/h2-11,19,24H,12-13H2,1H3,(H,21,25)/t19-/m1/s1. The topological polar surface area (TPSA) is 69.6 Å². The monoisotopic (exact) mass is 336 g/mol.